The minimum atomic E-state index is -0.921. The van der Waals surface area contributed by atoms with Crippen LogP contribution in [-0.2, 0) is 36.6 Å². The molecule has 9 nitrogen and oxygen atoms in total. The number of nitrogens with zero attached hydrogens (tertiary/aromatic N) is 2. The molecular formula is C40H46FN3O6. The van der Waals surface area contributed by atoms with E-state index in [1.807, 2.05) is 65.0 Å². The van der Waals surface area contributed by atoms with E-state index in [1.54, 1.807) is 6.07 Å². The number of nitrogens with one attached hydrogen (secondary N) is 1. The smallest absolute Gasteiger partial charge is 0.329 e. The Kier molecular flexibility index (Phi) is 9.72. The van der Waals surface area contributed by atoms with Crippen LogP contribution in [-0.4, -0.2) is 53.0 Å². The number of urea groups is 1. The number of fused-ring (bicyclic) bond motifs is 3. The number of imide groups is 1. The summed E-state index contributed by atoms with van der Waals surface area (Å²) in [6.07, 6.45) is 6.19. The Morgan fingerprint density at radius 2 is 1.86 bits per heavy atom. The molecule has 3 amide bonds. The Morgan fingerprint density at radius 1 is 1.12 bits per heavy atom. The zero-order valence-electron chi connectivity index (χ0n) is 29.9. The molecule has 0 spiro atoms. The van der Waals surface area contributed by atoms with Crippen LogP contribution in [0.3, 0.4) is 0 Å². The van der Waals surface area contributed by atoms with Crippen molar-refractivity contribution in [2.75, 3.05) is 11.4 Å². The predicted octanol–water partition coefficient (Wildman–Crippen LogP) is 7.88. The Labute approximate surface area is 293 Å². The first-order chi connectivity index (χ1) is 23.6. The van der Waals surface area contributed by atoms with Gasteiger partial charge in [-0.05, 0) is 106 Å². The quantitative estimate of drug-likeness (QED) is 0.200. The van der Waals surface area contributed by atoms with Gasteiger partial charge in [0.1, 0.15) is 11.4 Å². The molecule has 3 aromatic rings. The second-order valence-electron chi connectivity index (χ2n) is 15.0. The number of hydrogen-bond acceptors (Lipinski definition) is 7. The van der Waals surface area contributed by atoms with E-state index in [1.165, 1.54) is 17.0 Å². The van der Waals surface area contributed by atoms with E-state index in [-0.39, 0.29) is 42.7 Å². The third-order valence-corrected chi connectivity index (χ3v) is 9.04. The molecule has 0 saturated carbocycles. The minimum Gasteiger partial charge on any atom is -0.460 e. The van der Waals surface area contributed by atoms with Crippen LogP contribution in [0.5, 0.6) is 0 Å². The molecule has 0 radical (unpaired) electrons. The molecule has 2 aromatic carbocycles. The maximum Gasteiger partial charge on any atom is 0.329 e. The maximum absolute atomic E-state index is 14.3. The van der Waals surface area contributed by atoms with Gasteiger partial charge in [-0.1, -0.05) is 44.2 Å². The number of anilines is 1. The number of benzene rings is 2. The third kappa shape index (κ3) is 7.66. The first-order valence-corrected chi connectivity index (χ1v) is 17.4. The largest absolute Gasteiger partial charge is 0.460 e. The highest BCUT2D eigenvalue weighted by atomic mass is 19.1. The SMILES string of the molecule is CC(C)c1nc2c(c(-c3ccc(F)cc3)c1/C=C/[C@@H]1C[C@H](CC(=O)OC(C)(C)C)OC(C)(C)O1)CCCc1cc(N3C(=O)CNC3=O)ccc1-2. The molecule has 1 N–H and O–H groups in total. The number of amides is 3. The van der Waals surface area contributed by atoms with Crippen LogP contribution in [0.25, 0.3) is 28.5 Å². The summed E-state index contributed by atoms with van der Waals surface area (Å²) >= 11 is 0. The van der Waals surface area contributed by atoms with Gasteiger partial charge in [-0.15, -0.1) is 0 Å². The summed E-state index contributed by atoms with van der Waals surface area (Å²) in [5, 5.41) is 2.60. The topological polar surface area (TPSA) is 107 Å². The van der Waals surface area contributed by atoms with Crippen molar-refractivity contribution < 1.29 is 33.0 Å². The van der Waals surface area contributed by atoms with Gasteiger partial charge in [-0.2, -0.15) is 0 Å². The zero-order chi connectivity index (χ0) is 36.0. The van der Waals surface area contributed by atoms with Crippen molar-refractivity contribution in [2.24, 2.45) is 0 Å². The number of rotatable bonds is 7. The lowest BCUT2D eigenvalue weighted by atomic mass is 9.86. The molecule has 2 aliphatic heterocycles. The van der Waals surface area contributed by atoms with Gasteiger partial charge in [0, 0.05) is 17.5 Å². The minimum absolute atomic E-state index is 0.0177. The van der Waals surface area contributed by atoms with Crippen LogP contribution in [0.1, 0.15) is 96.0 Å². The Hall–Kier alpha value is -4.41. The first-order valence-electron chi connectivity index (χ1n) is 17.4. The standard InChI is InChI=1S/C40H46FN3O6/c1-23(2)36-32(18-16-28-20-29(49-40(6,7)48-28)21-34(46)50-39(3,4)5)35(24-11-13-26(41)14-12-24)31-10-8-9-25-19-27(15-17-30(25)37(31)43-36)44-33(45)22-42-38(44)47/h11-19,23,28-29H,8-10,20-22H2,1-7H3,(H,42,47)/b18-16+/t28-,29-/m1/s1. The molecule has 2 fully saturated rings. The molecule has 2 atom stereocenters. The van der Waals surface area contributed by atoms with Crippen molar-refractivity contribution in [1.29, 1.82) is 0 Å². The highest BCUT2D eigenvalue weighted by Crippen LogP contribution is 2.43. The van der Waals surface area contributed by atoms with Crippen molar-refractivity contribution in [3.63, 3.8) is 0 Å². The fourth-order valence-corrected chi connectivity index (χ4v) is 7.14. The van der Waals surface area contributed by atoms with Gasteiger partial charge >= 0.3 is 12.0 Å². The van der Waals surface area contributed by atoms with E-state index in [0.717, 1.165) is 64.0 Å². The highest BCUT2D eigenvalue weighted by Gasteiger charge is 2.37. The monoisotopic (exact) mass is 683 g/mol. The second-order valence-corrected chi connectivity index (χ2v) is 15.0. The first kappa shape index (κ1) is 35.4. The number of aromatic nitrogens is 1. The summed E-state index contributed by atoms with van der Waals surface area (Å²) in [6.45, 7) is 13.4. The summed E-state index contributed by atoms with van der Waals surface area (Å²) in [6, 6.07) is 11.8. The Bertz CT molecular complexity index is 1830. The van der Waals surface area contributed by atoms with Crippen molar-refractivity contribution >= 4 is 29.7 Å². The summed E-state index contributed by atoms with van der Waals surface area (Å²) in [7, 11) is 0. The summed E-state index contributed by atoms with van der Waals surface area (Å²) in [5.41, 5.74) is 7.49. The lowest BCUT2D eigenvalue weighted by Crippen LogP contribution is -2.45. The predicted molar refractivity (Wildman–Crippen MR) is 190 cm³/mol. The normalized spacial score (nSPS) is 20.5. The summed E-state index contributed by atoms with van der Waals surface area (Å²) in [5.74, 6) is -1.81. The molecule has 50 heavy (non-hydrogen) atoms. The average molecular weight is 684 g/mol. The average Bonchev–Trinajstić information content (AvgIpc) is 3.24. The van der Waals surface area contributed by atoms with E-state index in [9.17, 15) is 18.8 Å². The van der Waals surface area contributed by atoms with E-state index in [2.05, 4.69) is 25.2 Å². The number of hydrogen-bond donors (Lipinski definition) is 1. The van der Waals surface area contributed by atoms with Crippen LogP contribution in [0.2, 0.25) is 0 Å². The number of esters is 1. The second kappa shape index (κ2) is 13.7. The number of pyridine rings is 1. The molecule has 0 bridgehead atoms. The molecule has 1 aliphatic carbocycles. The molecule has 264 valence electrons. The van der Waals surface area contributed by atoms with Crippen LogP contribution >= 0.6 is 0 Å². The van der Waals surface area contributed by atoms with Gasteiger partial charge in [0.15, 0.2) is 5.79 Å². The highest BCUT2D eigenvalue weighted by molar-refractivity contribution is 6.20. The number of ether oxygens (including phenoxy) is 3. The van der Waals surface area contributed by atoms with E-state index in [4.69, 9.17) is 19.2 Å². The fourth-order valence-electron chi connectivity index (χ4n) is 7.14. The van der Waals surface area contributed by atoms with Gasteiger partial charge in [0.05, 0.1) is 42.2 Å². The molecule has 3 heterocycles. The van der Waals surface area contributed by atoms with Gasteiger partial charge in [0.25, 0.3) is 5.91 Å². The van der Waals surface area contributed by atoms with Gasteiger partial charge in [0.2, 0.25) is 0 Å². The fraction of sp³-hybridized carbons (Fsp3) is 0.450. The zero-order valence-corrected chi connectivity index (χ0v) is 29.9. The van der Waals surface area contributed by atoms with Crippen molar-refractivity contribution in [2.45, 2.75) is 110 Å². The molecule has 3 aliphatic rings. The van der Waals surface area contributed by atoms with E-state index in [0.29, 0.717) is 12.1 Å². The number of aryl methyl sites for hydroxylation is 1. The van der Waals surface area contributed by atoms with Crippen molar-refractivity contribution in [3.05, 3.63) is 76.7 Å². The number of carbonyl (C=O) groups is 3. The lowest BCUT2D eigenvalue weighted by Gasteiger charge is -2.40. The van der Waals surface area contributed by atoms with Crippen LogP contribution in [0.4, 0.5) is 14.9 Å². The van der Waals surface area contributed by atoms with Gasteiger partial charge in [-0.3, -0.25) is 14.6 Å². The maximum atomic E-state index is 14.3. The molecular weight excluding hydrogens is 637 g/mol. The van der Waals surface area contributed by atoms with E-state index < -0.39 is 23.5 Å². The number of carbonyl (C=O) groups excluding carboxylic acids is 3. The summed E-state index contributed by atoms with van der Waals surface area (Å²) in [4.78, 5) is 44.2. The van der Waals surface area contributed by atoms with Crippen LogP contribution in [0, 0.1) is 5.82 Å². The number of halogens is 1. The van der Waals surface area contributed by atoms with Gasteiger partial charge < -0.3 is 19.5 Å². The molecule has 2 saturated heterocycles. The van der Waals surface area contributed by atoms with E-state index >= 15 is 0 Å². The summed E-state index contributed by atoms with van der Waals surface area (Å²) < 4.78 is 32.3. The van der Waals surface area contributed by atoms with Crippen LogP contribution in [0.15, 0.2) is 48.5 Å². The Morgan fingerprint density at radius 3 is 2.52 bits per heavy atom. The molecule has 6 rings (SSSR count). The molecule has 0 unspecified atom stereocenters. The molecule has 1 aromatic heterocycles. The van der Waals surface area contributed by atoms with Gasteiger partial charge in [-0.25, -0.2) is 14.1 Å². The van der Waals surface area contributed by atoms with Crippen molar-refractivity contribution in [3.8, 4) is 22.4 Å². The Balaban J connectivity index is 1.44. The van der Waals surface area contributed by atoms with Crippen LogP contribution < -0.4 is 10.2 Å². The van der Waals surface area contributed by atoms with Crippen molar-refractivity contribution in [1.82, 2.24) is 10.3 Å². The lowest BCUT2D eigenvalue weighted by molar-refractivity contribution is -0.290. The molecule has 10 heteroatoms. The third-order valence-electron chi connectivity index (χ3n) is 9.04.